The molecular formula is C9H17N. The fourth-order valence-electron chi connectivity index (χ4n) is 2.55. The van der Waals surface area contributed by atoms with Crippen molar-refractivity contribution in [3.05, 3.63) is 0 Å². The van der Waals surface area contributed by atoms with Gasteiger partial charge in [0.1, 0.15) is 0 Å². The van der Waals surface area contributed by atoms with Crippen molar-refractivity contribution in [2.45, 2.75) is 44.6 Å². The Morgan fingerprint density at radius 2 is 1.70 bits per heavy atom. The molecule has 1 nitrogen and oxygen atoms in total. The SMILES string of the molecule is C[C@@]12CCCCN1CCC2. The molecule has 0 unspecified atom stereocenters. The molecule has 0 aromatic carbocycles. The Labute approximate surface area is 63.4 Å². The minimum atomic E-state index is 0.623. The van der Waals surface area contributed by atoms with Crippen molar-refractivity contribution in [2.75, 3.05) is 13.1 Å². The molecule has 0 saturated carbocycles. The van der Waals surface area contributed by atoms with Crippen molar-refractivity contribution in [2.24, 2.45) is 0 Å². The summed E-state index contributed by atoms with van der Waals surface area (Å²) in [6.45, 7) is 5.19. The molecule has 0 aromatic heterocycles. The first kappa shape index (κ1) is 6.66. The maximum absolute atomic E-state index is 2.69. The van der Waals surface area contributed by atoms with Gasteiger partial charge in [0, 0.05) is 5.54 Å². The van der Waals surface area contributed by atoms with Gasteiger partial charge < -0.3 is 0 Å². The zero-order valence-corrected chi connectivity index (χ0v) is 6.90. The predicted molar refractivity (Wildman–Crippen MR) is 43.1 cm³/mol. The largest absolute Gasteiger partial charge is 0.298 e. The molecule has 1 heteroatoms. The lowest BCUT2D eigenvalue weighted by atomic mass is 9.89. The quantitative estimate of drug-likeness (QED) is 0.496. The Morgan fingerprint density at radius 3 is 2.50 bits per heavy atom. The minimum Gasteiger partial charge on any atom is -0.298 e. The molecule has 0 bridgehead atoms. The second kappa shape index (κ2) is 2.23. The van der Waals surface area contributed by atoms with Gasteiger partial charge in [-0.15, -0.1) is 0 Å². The van der Waals surface area contributed by atoms with E-state index in [1.807, 2.05) is 0 Å². The van der Waals surface area contributed by atoms with Crippen LogP contribution in [-0.2, 0) is 0 Å². The molecule has 58 valence electrons. The second-order valence-corrected chi connectivity index (χ2v) is 4.04. The van der Waals surface area contributed by atoms with E-state index >= 15 is 0 Å². The van der Waals surface area contributed by atoms with Gasteiger partial charge in [-0.25, -0.2) is 0 Å². The van der Waals surface area contributed by atoms with Crippen LogP contribution in [0.3, 0.4) is 0 Å². The number of hydrogen-bond acceptors (Lipinski definition) is 1. The van der Waals surface area contributed by atoms with Crippen LogP contribution in [0.4, 0.5) is 0 Å². The van der Waals surface area contributed by atoms with Gasteiger partial charge >= 0.3 is 0 Å². The monoisotopic (exact) mass is 139 g/mol. The Bertz CT molecular complexity index is 133. The first-order chi connectivity index (χ1) is 4.81. The highest BCUT2D eigenvalue weighted by atomic mass is 15.2. The van der Waals surface area contributed by atoms with E-state index in [2.05, 4.69) is 11.8 Å². The maximum atomic E-state index is 2.69. The highest BCUT2D eigenvalue weighted by Crippen LogP contribution is 2.36. The number of fused-ring (bicyclic) bond motifs is 1. The fraction of sp³-hybridized carbons (Fsp3) is 1.00. The smallest absolute Gasteiger partial charge is 0.0181 e. The summed E-state index contributed by atoms with van der Waals surface area (Å²) in [5.74, 6) is 0. The van der Waals surface area contributed by atoms with Gasteiger partial charge in [-0.2, -0.15) is 0 Å². The molecule has 2 fully saturated rings. The molecule has 0 radical (unpaired) electrons. The molecule has 1 atom stereocenters. The Balaban J connectivity index is 2.10. The summed E-state index contributed by atoms with van der Waals surface area (Å²) in [5, 5.41) is 0. The Hall–Kier alpha value is -0.0400. The first-order valence-corrected chi connectivity index (χ1v) is 4.56. The molecule has 2 heterocycles. The fourth-order valence-corrected chi connectivity index (χ4v) is 2.55. The molecule has 2 saturated heterocycles. The van der Waals surface area contributed by atoms with E-state index in [4.69, 9.17) is 0 Å². The van der Waals surface area contributed by atoms with Crippen molar-refractivity contribution in [3.63, 3.8) is 0 Å². The third-order valence-electron chi connectivity index (χ3n) is 3.30. The van der Waals surface area contributed by atoms with Gasteiger partial charge in [0.15, 0.2) is 0 Å². The van der Waals surface area contributed by atoms with Gasteiger partial charge in [0.2, 0.25) is 0 Å². The zero-order chi connectivity index (χ0) is 7.03. The highest BCUT2D eigenvalue weighted by molar-refractivity contribution is 4.94. The van der Waals surface area contributed by atoms with Gasteiger partial charge in [-0.1, -0.05) is 6.42 Å². The third kappa shape index (κ3) is 0.878. The molecule has 2 aliphatic rings. The molecule has 0 aromatic rings. The van der Waals surface area contributed by atoms with Crippen LogP contribution >= 0.6 is 0 Å². The molecule has 0 amide bonds. The standard InChI is InChI=1S/C9H17N/c1-9-5-2-3-7-10(9)8-4-6-9/h2-8H2,1H3/t9-/m0/s1. The maximum Gasteiger partial charge on any atom is 0.0181 e. The molecule has 0 aliphatic carbocycles. The van der Waals surface area contributed by atoms with Crippen LogP contribution in [-0.4, -0.2) is 23.5 Å². The molecule has 2 rings (SSSR count). The molecular weight excluding hydrogens is 122 g/mol. The van der Waals surface area contributed by atoms with Crippen molar-refractivity contribution in [1.29, 1.82) is 0 Å². The van der Waals surface area contributed by atoms with E-state index < -0.39 is 0 Å². The first-order valence-electron chi connectivity index (χ1n) is 4.56. The van der Waals surface area contributed by atoms with Crippen LogP contribution in [0.25, 0.3) is 0 Å². The van der Waals surface area contributed by atoms with Gasteiger partial charge in [-0.3, -0.25) is 4.90 Å². The summed E-state index contributed by atoms with van der Waals surface area (Å²) in [6, 6.07) is 0. The highest BCUT2D eigenvalue weighted by Gasteiger charge is 2.37. The van der Waals surface area contributed by atoms with Crippen LogP contribution in [0, 0.1) is 0 Å². The summed E-state index contributed by atoms with van der Waals surface area (Å²) in [6.07, 6.45) is 7.25. The normalized spacial score (nSPS) is 41.7. The van der Waals surface area contributed by atoms with Crippen LogP contribution in [0.2, 0.25) is 0 Å². The summed E-state index contributed by atoms with van der Waals surface area (Å²) >= 11 is 0. The van der Waals surface area contributed by atoms with Crippen molar-refractivity contribution < 1.29 is 0 Å². The molecule has 2 aliphatic heterocycles. The Kier molecular flexibility index (Phi) is 1.48. The summed E-state index contributed by atoms with van der Waals surface area (Å²) in [4.78, 5) is 2.69. The van der Waals surface area contributed by atoms with E-state index in [0.717, 1.165) is 0 Å². The third-order valence-corrected chi connectivity index (χ3v) is 3.30. The molecule has 0 N–H and O–H groups in total. The van der Waals surface area contributed by atoms with Crippen LogP contribution in [0.5, 0.6) is 0 Å². The number of nitrogens with zero attached hydrogens (tertiary/aromatic N) is 1. The molecule has 10 heavy (non-hydrogen) atoms. The van der Waals surface area contributed by atoms with Gasteiger partial charge in [0.05, 0.1) is 0 Å². The summed E-state index contributed by atoms with van der Waals surface area (Å²) in [5.41, 5.74) is 0.623. The lowest BCUT2D eigenvalue weighted by Crippen LogP contribution is -2.44. The summed E-state index contributed by atoms with van der Waals surface area (Å²) < 4.78 is 0. The predicted octanol–water partition coefficient (Wildman–Crippen LogP) is 2.02. The lowest BCUT2D eigenvalue weighted by molar-refractivity contribution is 0.108. The van der Waals surface area contributed by atoms with Crippen LogP contribution in [0.15, 0.2) is 0 Å². The average Bonchev–Trinajstić information content (AvgIpc) is 2.29. The van der Waals surface area contributed by atoms with E-state index in [-0.39, 0.29) is 0 Å². The summed E-state index contributed by atoms with van der Waals surface area (Å²) in [7, 11) is 0. The van der Waals surface area contributed by atoms with E-state index in [0.29, 0.717) is 5.54 Å². The number of rotatable bonds is 0. The van der Waals surface area contributed by atoms with E-state index in [1.165, 1.54) is 45.2 Å². The second-order valence-electron chi connectivity index (χ2n) is 4.04. The zero-order valence-electron chi connectivity index (χ0n) is 6.90. The lowest BCUT2D eigenvalue weighted by Gasteiger charge is -2.39. The van der Waals surface area contributed by atoms with Crippen molar-refractivity contribution >= 4 is 0 Å². The minimum absolute atomic E-state index is 0.623. The van der Waals surface area contributed by atoms with Crippen molar-refractivity contribution in [1.82, 2.24) is 4.90 Å². The van der Waals surface area contributed by atoms with Crippen LogP contribution < -0.4 is 0 Å². The van der Waals surface area contributed by atoms with E-state index in [9.17, 15) is 0 Å². The van der Waals surface area contributed by atoms with Gasteiger partial charge in [0.25, 0.3) is 0 Å². The van der Waals surface area contributed by atoms with E-state index in [1.54, 1.807) is 0 Å². The topological polar surface area (TPSA) is 3.24 Å². The average molecular weight is 139 g/mol. The Morgan fingerprint density at radius 1 is 1.00 bits per heavy atom. The number of hydrogen-bond donors (Lipinski definition) is 0. The number of piperidine rings is 1. The molecule has 0 spiro atoms. The van der Waals surface area contributed by atoms with Crippen molar-refractivity contribution in [3.8, 4) is 0 Å². The van der Waals surface area contributed by atoms with Crippen LogP contribution in [0.1, 0.15) is 39.0 Å². The van der Waals surface area contributed by atoms with Gasteiger partial charge in [-0.05, 0) is 45.7 Å².